The number of carboxylic acid groups (broad SMARTS) is 1. The number of hydrogen-bond acceptors (Lipinski definition) is 5. The van der Waals surface area contributed by atoms with Gasteiger partial charge in [0.25, 0.3) is 5.91 Å². The first-order valence-electron chi connectivity index (χ1n) is 5.10. The van der Waals surface area contributed by atoms with Gasteiger partial charge in [0.1, 0.15) is 11.0 Å². The van der Waals surface area contributed by atoms with E-state index in [2.05, 4.69) is 9.73 Å². The van der Waals surface area contributed by atoms with Crippen molar-refractivity contribution in [3.63, 3.8) is 0 Å². The molecule has 2 N–H and O–H groups in total. The fourth-order valence-corrected chi connectivity index (χ4v) is 1.27. The smallest absolute Gasteiger partial charge is 0.433 e. The standard InChI is InChI=1S/C10H12N2O6/c1-5(2)8(10(14)15)11-9(13)6-3-4-7(18-6)12(16)17/h3-5,8H,1-2H3,(H,11,13)(H,14,15)/t8-/m0/s1. The summed E-state index contributed by atoms with van der Waals surface area (Å²) in [5.74, 6) is -3.18. The first-order chi connectivity index (χ1) is 8.32. The molecule has 8 heteroatoms. The summed E-state index contributed by atoms with van der Waals surface area (Å²) in [6, 6.07) is 1.06. The Balaban J connectivity index is 2.80. The van der Waals surface area contributed by atoms with Gasteiger partial charge in [0.2, 0.25) is 0 Å². The van der Waals surface area contributed by atoms with E-state index in [4.69, 9.17) is 5.11 Å². The number of carboxylic acids is 1. The summed E-state index contributed by atoms with van der Waals surface area (Å²) in [4.78, 5) is 32.1. The lowest BCUT2D eigenvalue weighted by Crippen LogP contribution is -2.44. The molecule has 1 heterocycles. The highest BCUT2D eigenvalue weighted by Crippen LogP contribution is 2.16. The summed E-state index contributed by atoms with van der Waals surface area (Å²) < 4.78 is 4.66. The van der Waals surface area contributed by atoms with Gasteiger partial charge in [-0.3, -0.25) is 14.9 Å². The van der Waals surface area contributed by atoms with Gasteiger partial charge in [0, 0.05) is 0 Å². The number of carbonyl (C=O) groups excluding carboxylic acids is 1. The first kappa shape index (κ1) is 13.7. The molecule has 0 saturated carbocycles. The normalized spacial score (nSPS) is 12.2. The molecule has 0 bridgehead atoms. The molecule has 0 saturated heterocycles. The van der Waals surface area contributed by atoms with Crippen LogP contribution in [0.15, 0.2) is 16.5 Å². The topological polar surface area (TPSA) is 123 Å². The highest BCUT2D eigenvalue weighted by molar-refractivity contribution is 5.94. The van der Waals surface area contributed by atoms with Crippen LogP contribution in [0, 0.1) is 16.0 Å². The number of carbonyl (C=O) groups is 2. The molecule has 1 amide bonds. The molecular weight excluding hydrogens is 244 g/mol. The predicted octanol–water partition coefficient (Wildman–Crippen LogP) is 1.03. The largest absolute Gasteiger partial charge is 0.480 e. The lowest BCUT2D eigenvalue weighted by atomic mass is 10.0. The van der Waals surface area contributed by atoms with Crippen molar-refractivity contribution in [1.82, 2.24) is 5.32 Å². The molecule has 0 aliphatic rings. The maximum atomic E-state index is 11.6. The van der Waals surface area contributed by atoms with Gasteiger partial charge in [-0.2, -0.15) is 0 Å². The number of nitro groups is 1. The number of rotatable bonds is 5. The lowest BCUT2D eigenvalue weighted by Gasteiger charge is -2.16. The fraction of sp³-hybridized carbons (Fsp3) is 0.400. The van der Waals surface area contributed by atoms with E-state index >= 15 is 0 Å². The highest BCUT2D eigenvalue weighted by Gasteiger charge is 2.26. The van der Waals surface area contributed by atoms with Crippen molar-refractivity contribution in [3.8, 4) is 0 Å². The molecule has 0 radical (unpaired) electrons. The third kappa shape index (κ3) is 3.06. The third-order valence-corrected chi connectivity index (χ3v) is 2.21. The molecular formula is C10H12N2O6. The summed E-state index contributed by atoms with van der Waals surface area (Å²) in [7, 11) is 0. The molecule has 0 aliphatic carbocycles. The second kappa shape index (κ2) is 5.30. The van der Waals surface area contributed by atoms with Crippen LogP contribution in [-0.4, -0.2) is 27.9 Å². The van der Waals surface area contributed by atoms with Crippen molar-refractivity contribution < 1.29 is 24.0 Å². The van der Waals surface area contributed by atoms with Crippen molar-refractivity contribution in [1.29, 1.82) is 0 Å². The van der Waals surface area contributed by atoms with Crippen LogP contribution in [0.5, 0.6) is 0 Å². The SMILES string of the molecule is CC(C)[C@H](NC(=O)c1ccc([N+](=O)[O-])o1)C(=O)O. The zero-order valence-electron chi connectivity index (χ0n) is 9.75. The van der Waals surface area contributed by atoms with E-state index in [0.717, 1.165) is 12.1 Å². The van der Waals surface area contributed by atoms with Crippen molar-refractivity contribution in [2.45, 2.75) is 19.9 Å². The second-order valence-corrected chi connectivity index (χ2v) is 3.93. The number of nitrogens with one attached hydrogen (secondary N) is 1. The minimum absolute atomic E-state index is 0.298. The highest BCUT2D eigenvalue weighted by atomic mass is 16.6. The summed E-state index contributed by atoms with van der Waals surface area (Å²) >= 11 is 0. The Kier molecular flexibility index (Phi) is 4.03. The van der Waals surface area contributed by atoms with Crippen LogP contribution in [-0.2, 0) is 4.79 Å². The Morgan fingerprint density at radius 1 is 1.44 bits per heavy atom. The quantitative estimate of drug-likeness (QED) is 0.599. The van der Waals surface area contributed by atoms with Gasteiger partial charge in [-0.15, -0.1) is 0 Å². The van der Waals surface area contributed by atoms with E-state index < -0.39 is 28.7 Å². The molecule has 98 valence electrons. The Bertz CT molecular complexity index is 478. The van der Waals surface area contributed by atoms with E-state index in [0.29, 0.717) is 0 Å². The summed E-state index contributed by atoms with van der Waals surface area (Å²) in [5.41, 5.74) is 0. The van der Waals surface area contributed by atoms with Gasteiger partial charge in [-0.25, -0.2) is 4.79 Å². The molecule has 0 unspecified atom stereocenters. The maximum absolute atomic E-state index is 11.6. The fourth-order valence-electron chi connectivity index (χ4n) is 1.27. The van der Waals surface area contributed by atoms with Crippen molar-refractivity contribution in [2.24, 2.45) is 5.92 Å². The van der Waals surface area contributed by atoms with Gasteiger partial charge >= 0.3 is 11.9 Å². The summed E-state index contributed by atoms with van der Waals surface area (Å²) in [6.07, 6.45) is 0. The molecule has 1 atom stereocenters. The van der Waals surface area contributed by atoms with Crippen LogP contribution >= 0.6 is 0 Å². The van der Waals surface area contributed by atoms with Crippen LogP contribution in [0.1, 0.15) is 24.4 Å². The molecule has 0 aliphatic heterocycles. The van der Waals surface area contributed by atoms with Gasteiger partial charge in [-0.1, -0.05) is 13.8 Å². The molecule has 0 aromatic carbocycles. The van der Waals surface area contributed by atoms with Crippen LogP contribution in [0.25, 0.3) is 0 Å². The van der Waals surface area contributed by atoms with Gasteiger partial charge in [-0.05, 0) is 12.0 Å². The summed E-state index contributed by atoms with van der Waals surface area (Å²) in [5, 5.41) is 21.5. The minimum Gasteiger partial charge on any atom is -0.480 e. The first-order valence-corrected chi connectivity index (χ1v) is 5.10. The van der Waals surface area contributed by atoms with Crippen molar-refractivity contribution in [2.75, 3.05) is 0 Å². The second-order valence-electron chi connectivity index (χ2n) is 3.93. The van der Waals surface area contributed by atoms with Crippen LogP contribution in [0.4, 0.5) is 5.88 Å². The van der Waals surface area contributed by atoms with E-state index in [1.54, 1.807) is 13.8 Å². The molecule has 1 rings (SSSR count). The lowest BCUT2D eigenvalue weighted by molar-refractivity contribution is -0.402. The Labute approximate surface area is 102 Å². The monoisotopic (exact) mass is 256 g/mol. The van der Waals surface area contributed by atoms with E-state index in [1.165, 1.54) is 0 Å². The maximum Gasteiger partial charge on any atom is 0.433 e. The average molecular weight is 256 g/mol. The van der Waals surface area contributed by atoms with Crippen LogP contribution < -0.4 is 5.32 Å². The molecule has 1 aromatic rings. The Hall–Kier alpha value is -2.38. The van der Waals surface area contributed by atoms with E-state index in [9.17, 15) is 19.7 Å². The average Bonchev–Trinajstić information content (AvgIpc) is 2.73. The Morgan fingerprint density at radius 3 is 2.44 bits per heavy atom. The third-order valence-electron chi connectivity index (χ3n) is 2.21. The van der Waals surface area contributed by atoms with Gasteiger partial charge in [0.05, 0.1) is 6.07 Å². The van der Waals surface area contributed by atoms with Crippen LogP contribution in [0.3, 0.4) is 0 Å². The molecule has 18 heavy (non-hydrogen) atoms. The number of furan rings is 1. The minimum atomic E-state index is -1.18. The molecule has 8 nitrogen and oxygen atoms in total. The van der Waals surface area contributed by atoms with Crippen LogP contribution in [0.2, 0.25) is 0 Å². The zero-order valence-corrected chi connectivity index (χ0v) is 9.75. The zero-order chi connectivity index (χ0) is 13.9. The predicted molar refractivity (Wildman–Crippen MR) is 59.1 cm³/mol. The van der Waals surface area contributed by atoms with Gasteiger partial charge in [0.15, 0.2) is 5.76 Å². The number of hydrogen-bond donors (Lipinski definition) is 2. The molecule has 0 fully saturated rings. The van der Waals surface area contributed by atoms with E-state index in [-0.39, 0.29) is 11.7 Å². The number of amides is 1. The number of aliphatic carboxylic acids is 1. The van der Waals surface area contributed by atoms with Gasteiger partial charge < -0.3 is 14.8 Å². The molecule has 1 aromatic heterocycles. The summed E-state index contributed by atoms with van der Waals surface area (Å²) in [6.45, 7) is 3.26. The number of nitrogens with zero attached hydrogens (tertiary/aromatic N) is 1. The van der Waals surface area contributed by atoms with Crippen molar-refractivity contribution in [3.05, 3.63) is 28.0 Å². The Morgan fingerprint density at radius 2 is 2.06 bits per heavy atom. The van der Waals surface area contributed by atoms with E-state index in [1.807, 2.05) is 0 Å². The van der Waals surface area contributed by atoms with Crippen molar-refractivity contribution >= 4 is 17.8 Å². The molecule has 0 spiro atoms.